The number of nitrogens with zero attached hydrogens (tertiary/aromatic N) is 2. The summed E-state index contributed by atoms with van der Waals surface area (Å²) in [7, 11) is 0. The number of likely N-dealkylation sites (tertiary alicyclic amines) is 1. The summed E-state index contributed by atoms with van der Waals surface area (Å²) >= 11 is 13.1. The van der Waals surface area contributed by atoms with Crippen molar-refractivity contribution in [2.45, 2.75) is 50.2 Å². The Labute approximate surface area is 191 Å². The molecule has 5 nitrogen and oxygen atoms in total. The highest BCUT2D eigenvalue weighted by Gasteiger charge is 2.42. The third-order valence-corrected chi connectivity index (χ3v) is 7.61. The molecule has 2 aliphatic heterocycles. The molecular formula is C24H24Cl2N2O3. The summed E-state index contributed by atoms with van der Waals surface area (Å²) in [5.41, 5.74) is 4.07. The van der Waals surface area contributed by atoms with Crippen LogP contribution in [-0.4, -0.2) is 40.4 Å². The van der Waals surface area contributed by atoms with Crippen LogP contribution in [0.1, 0.15) is 65.1 Å². The molecular weight excluding hydrogens is 435 g/mol. The molecule has 2 fully saturated rings. The average molecular weight is 459 g/mol. The Balaban J connectivity index is 1.19. The second-order valence-electron chi connectivity index (χ2n) is 8.86. The molecule has 5 rings (SSSR count). The molecule has 2 aromatic rings. The number of aromatic carboxylic acids is 1. The molecule has 0 radical (unpaired) electrons. The van der Waals surface area contributed by atoms with Crippen LogP contribution in [0.5, 0.6) is 0 Å². The Bertz CT molecular complexity index is 1040. The second kappa shape index (κ2) is 8.12. The zero-order chi connectivity index (χ0) is 21.6. The van der Waals surface area contributed by atoms with Gasteiger partial charge in [-0.25, -0.2) is 4.79 Å². The van der Waals surface area contributed by atoms with E-state index in [-0.39, 0.29) is 11.2 Å². The van der Waals surface area contributed by atoms with Gasteiger partial charge in [-0.3, -0.25) is 4.90 Å². The predicted octanol–water partition coefficient (Wildman–Crippen LogP) is 5.73. The number of oxime groups is 1. The Hall–Kier alpha value is -2.08. The Morgan fingerprint density at radius 2 is 1.81 bits per heavy atom. The minimum Gasteiger partial charge on any atom is -0.478 e. The fourth-order valence-electron chi connectivity index (χ4n) is 4.55. The molecule has 1 saturated carbocycles. The number of hydrogen-bond acceptors (Lipinski definition) is 4. The number of piperidine rings is 1. The fourth-order valence-corrected chi connectivity index (χ4v) is 5.12. The van der Waals surface area contributed by atoms with Crippen molar-refractivity contribution in [3.8, 4) is 0 Å². The van der Waals surface area contributed by atoms with Gasteiger partial charge in [0.15, 0.2) is 0 Å². The molecule has 7 heteroatoms. The van der Waals surface area contributed by atoms with E-state index in [1.54, 1.807) is 24.3 Å². The van der Waals surface area contributed by atoms with E-state index in [0.29, 0.717) is 10.9 Å². The van der Waals surface area contributed by atoms with Crippen molar-refractivity contribution < 1.29 is 14.7 Å². The van der Waals surface area contributed by atoms with Gasteiger partial charge >= 0.3 is 5.97 Å². The monoisotopic (exact) mass is 458 g/mol. The number of hydrogen-bond donors (Lipinski definition) is 1. The number of benzene rings is 2. The zero-order valence-electron chi connectivity index (χ0n) is 17.1. The van der Waals surface area contributed by atoms with E-state index in [1.165, 1.54) is 18.4 Å². The molecule has 1 aliphatic carbocycles. The van der Waals surface area contributed by atoms with Crippen LogP contribution in [0.4, 0.5) is 0 Å². The third kappa shape index (κ3) is 4.19. The molecule has 162 valence electrons. The van der Waals surface area contributed by atoms with Gasteiger partial charge in [-0.2, -0.15) is 0 Å². The van der Waals surface area contributed by atoms with Crippen LogP contribution in [0.2, 0.25) is 10.0 Å². The summed E-state index contributed by atoms with van der Waals surface area (Å²) in [4.78, 5) is 19.4. The van der Waals surface area contributed by atoms with E-state index in [4.69, 9.17) is 33.1 Å². The van der Waals surface area contributed by atoms with Crippen molar-refractivity contribution in [1.29, 1.82) is 0 Å². The molecule has 1 saturated heterocycles. The van der Waals surface area contributed by atoms with Gasteiger partial charge in [0.2, 0.25) is 0 Å². The van der Waals surface area contributed by atoms with E-state index < -0.39 is 5.97 Å². The predicted molar refractivity (Wildman–Crippen MR) is 121 cm³/mol. The second-order valence-corrected chi connectivity index (χ2v) is 9.62. The highest BCUT2D eigenvalue weighted by molar-refractivity contribution is 6.43. The van der Waals surface area contributed by atoms with E-state index in [9.17, 15) is 4.79 Å². The summed E-state index contributed by atoms with van der Waals surface area (Å²) in [5.74, 6) is -0.341. The number of carboxylic acids is 1. The molecule has 3 aliphatic rings. The Kier molecular flexibility index (Phi) is 5.45. The largest absolute Gasteiger partial charge is 0.478 e. The summed E-state index contributed by atoms with van der Waals surface area (Å²) in [6, 6.07) is 11.1. The maximum absolute atomic E-state index is 11.1. The van der Waals surface area contributed by atoms with Gasteiger partial charge in [-0.1, -0.05) is 52.6 Å². The third-order valence-electron chi connectivity index (χ3n) is 6.67. The van der Waals surface area contributed by atoms with Crippen LogP contribution in [-0.2, 0) is 11.4 Å². The summed E-state index contributed by atoms with van der Waals surface area (Å²) in [6.07, 6.45) is 4.93. The first-order valence-electron chi connectivity index (χ1n) is 10.7. The van der Waals surface area contributed by atoms with Crippen LogP contribution < -0.4 is 0 Å². The zero-order valence-corrected chi connectivity index (χ0v) is 18.6. The van der Waals surface area contributed by atoms with E-state index in [1.807, 2.05) is 0 Å². The first-order valence-corrected chi connectivity index (χ1v) is 11.5. The van der Waals surface area contributed by atoms with Crippen molar-refractivity contribution in [3.63, 3.8) is 0 Å². The summed E-state index contributed by atoms with van der Waals surface area (Å²) in [5, 5.41) is 14.8. The molecule has 0 amide bonds. The molecule has 2 heterocycles. The lowest BCUT2D eigenvalue weighted by atomic mass is 9.85. The number of carboxylic acid groups (broad SMARTS) is 1. The quantitative estimate of drug-likeness (QED) is 0.621. The van der Waals surface area contributed by atoms with Gasteiger partial charge < -0.3 is 9.94 Å². The van der Waals surface area contributed by atoms with Crippen LogP contribution in [0.3, 0.4) is 0 Å². The van der Waals surface area contributed by atoms with Crippen molar-refractivity contribution >= 4 is 34.9 Å². The number of rotatable bonds is 5. The number of halogens is 2. The molecule has 0 bridgehead atoms. The van der Waals surface area contributed by atoms with Gasteiger partial charge in [-0.05, 0) is 47.6 Å². The number of carbonyl (C=O) groups is 1. The SMILES string of the molecule is O=C(O)c1ccc(C2=NOC3(CCN(Cc4ccc(C5CC5)c(Cl)c4Cl)CC3)C2)cc1. The van der Waals surface area contributed by atoms with Crippen LogP contribution in [0.15, 0.2) is 41.6 Å². The maximum atomic E-state index is 11.1. The molecule has 2 aromatic carbocycles. The molecule has 31 heavy (non-hydrogen) atoms. The molecule has 0 unspecified atom stereocenters. The first kappa shape index (κ1) is 20.8. The van der Waals surface area contributed by atoms with Crippen LogP contribution >= 0.6 is 23.2 Å². The van der Waals surface area contributed by atoms with E-state index in [0.717, 1.165) is 60.8 Å². The molecule has 1 N–H and O–H groups in total. The van der Waals surface area contributed by atoms with Gasteiger partial charge in [-0.15, -0.1) is 0 Å². The smallest absolute Gasteiger partial charge is 0.335 e. The van der Waals surface area contributed by atoms with Crippen molar-refractivity contribution in [2.75, 3.05) is 13.1 Å². The molecule has 0 atom stereocenters. The van der Waals surface area contributed by atoms with E-state index in [2.05, 4.69) is 22.2 Å². The lowest BCUT2D eigenvalue weighted by molar-refractivity contribution is -0.0626. The molecule has 1 spiro atoms. The van der Waals surface area contributed by atoms with Crippen LogP contribution in [0, 0.1) is 0 Å². The minimum absolute atomic E-state index is 0.269. The standard InChI is InChI=1S/C24H24Cl2N2O3/c25-21-18(7-8-19(22(21)26)15-1-2-15)14-28-11-9-24(10-12-28)13-20(27-31-24)16-3-5-17(6-4-16)23(29)30/h3-8,15H,1-2,9-14H2,(H,29,30). The first-order chi connectivity index (χ1) is 14.9. The van der Waals surface area contributed by atoms with Gasteiger partial charge in [0.25, 0.3) is 0 Å². The Morgan fingerprint density at radius 1 is 1.10 bits per heavy atom. The normalized spacial score (nSPS) is 20.5. The van der Waals surface area contributed by atoms with Crippen molar-refractivity contribution in [2.24, 2.45) is 5.16 Å². The Morgan fingerprint density at radius 3 is 2.45 bits per heavy atom. The minimum atomic E-state index is -0.927. The highest BCUT2D eigenvalue weighted by atomic mass is 35.5. The lowest BCUT2D eigenvalue weighted by Gasteiger charge is -2.37. The summed E-state index contributed by atoms with van der Waals surface area (Å²) < 4.78 is 0. The van der Waals surface area contributed by atoms with Gasteiger partial charge in [0.05, 0.1) is 21.3 Å². The van der Waals surface area contributed by atoms with Crippen molar-refractivity contribution in [3.05, 3.63) is 68.7 Å². The average Bonchev–Trinajstić information content (AvgIpc) is 3.54. The highest BCUT2D eigenvalue weighted by Crippen LogP contribution is 2.46. The van der Waals surface area contributed by atoms with E-state index >= 15 is 0 Å². The lowest BCUT2D eigenvalue weighted by Crippen LogP contribution is -2.44. The van der Waals surface area contributed by atoms with Crippen molar-refractivity contribution in [1.82, 2.24) is 4.90 Å². The topological polar surface area (TPSA) is 62.1 Å². The fraction of sp³-hybridized carbons (Fsp3) is 0.417. The van der Waals surface area contributed by atoms with Gasteiger partial charge in [0, 0.05) is 38.9 Å². The van der Waals surface area contributed by atoms with Gasteiger partial charge in [0.1, 0.15) is 5.60 Å². The van der Waals surface area contributed by atoms with Crippen LogP contribution in [0.25, 0.3) is 0 Å². The summed E-state index contributed by atoms with van der Waals surface area (Å²) in [6.45, 7) is 2.59. The maximum Gasteiger partial charge on any atom is 0.335 e. The molecule has 0 aromatic heterocycles.